The van der Waals surface area contributed by atoms with Crippen LogP contribution < -0.4 is 5.32 Å². The predicted octanol–water partition coefficient (Wildman–Crippen LogP) is 4.16. The second kappa shape index (κ2) is 6.15. The van der Waals surface area contributed by atoms with E-state index in [1.807, 2.05) is 61.6 Å². The van der Waals surface area contributed by atoms with Crippen molar-refractivity contribution in [1.29, 1.82) is 0 Å². The minimum Gasteiger partial charge on any atom is -0.340 e. The number of halogens is 1. The first-order valence-corrected chi connectivity index (χ1v) is 7.59. The Morgan fingerprint density at radius 3 is 2.27 bits per heavy atom. The Balaban J connectivity index is 1.80. The van der Waals surface area contributed by atoms with Crippen LogP contribution in [0.4, 0.5) is 11.5 Å². The normalized spacial score (nSPS) is 10.5. The number of carbonyl (C=O) groups excluding carboxylic acids is 1. The second-order valence-corrected chi connectivity index (χ2v) is 5.72. The minimum absolute atomic E-state index is 0.0221. The van der Waals surface area contributed by atoms with E-state index in [4.69, 9.17) is 0 Å². The van der Waals surface area contributed by atoms with Crippen LogP contribution in [0, 0.1) is 0 Å². The van der Waals surface area contributed by atoms with E-state index in [9.17, 15) is 4.79 Å². The molecule has 22 heavy (non-hydrogen) atoms. The van der Waals surface area contributed by atoms with Crippen LogP contribution in [0.25, 0.3) is 0 Å². The quantitative estimate of drug-likeness (QED) is 0.714. The standard InChI is InChI=1S/C17H14BrN3O/c1-21-17(15(18)11-19-21)20-14-9-7-13(8-10-14)16(22)12-5-3-2-4-6-12/h2-11,20H,1H3. The number of nitrogens with one attached hydrogen (secondary N) is 1. The summed E-state index contributed by atoms with van der Waals surface area (Å²) in [5, 5.41) is 7.42. The maximum atomic E-state index is 12.3. The molecule has 4 nitrogen and oxygen atoms in total. The van der Waals surface area contributed by atoms with Gasteiger partial charge in [-0.15, -0.1) is 0 Å². The molecule has 0 fully saturated rings. The van der Waals surface area contributed by atoms with Crippen molar-refractivity contribution in [1.82, 2.24) is 9.78 Å². The van der Waals surface area contributed by atoms with E-state index in [2.05, 4.69) is 26.3 Å². The van der Waals surface area contributed by atoms with E-state index in [0.29, 0.717) is 11.1 Å². The van der Waals surface area contributed by atoms with Gasteiger partial charge in [-0.2, -0.15) is 5.10 Å². The first-order valence-electron chi connectivity index (χ1n) is 6.79. The molecule has 5 heteroatoms. The van der Waals surface area contributed by atoms with Gasteiger partial charge in [-0.3, -0.25) is 9.48 Å². The summed E-state index contributed by atoms with van der Waals surface area (Å²) in [5.41, 5.74) is 2.26. The lowest BCUT2D eigenvalue weighted by molar-refractivity contribution is 0.103. The molecule has 0 aliphatic heterocycles. The maximum absolute atomic E-state index is 12.3. The highest BCUT2D eigenvalue weighted by Gasteiger charge is 2.09. The molecule has 0 amide bonds. The van der Waals surface area contributed by atoms with Gasteiger partial charge in [0.25, 0.3) is 0 Å². The van der Waals surface area contributed by atoms with E-state index >= 15 is 0 Å². The Hall–Kier alpha value is -2.40. The number of ketones is 1. The van der Waals surface area contributed by atoms with Crippen LogP contribution in [-0.4, -0.2) is 15.6 Å². The van der Waals surface area contributed by atoms with Gasteiger partial charge in [-0.05, 0) is 40.2 Å². The largest absolute Gasteiger partial charge is 0.340 e. The fraction of sp³-hybridized carbons (Fsp3) is 0.0588. The summed E-state index contributed by atoms with van der Waals surface area (Å²) in [4.78, 5) is 12.3. The Morgan fingerprint density at radius 2 is 1.68 bits per heavy atom. The van der Waals surface area contributed by atoms with Crippen molar-refractivity contribution in [2.75, 3.05) is 5.32 Å². The molecule has 3 aromatic rings. The zero-order valence-corrected chi connectivity index (χ0v) is 13.5. The SMILES string of the molecule is Cn1ncc(Br)c1Nc1ccc(C(=O)c2ccccc2)cc1. The van der Waals surface area contributed by atoms with Gasteiger partial charge >= 0.3 is 0 Å². The molecule has 110 valence electrons. The lowest BCUT2D eigenvalue weighted by Gasteiger charge is -2.08. The van der Waals surface area contributed by atoms with E-state index in [-0.39, 0.29) is 5.78 Å². The summed E-state index contributed by atoms with van der Waals surface area (Å²) in [5.74, 6) is 0.885. The molecule has 0 bridgehead atoms. The maximum Gasteiger partial charge on any atom is 0.193 e. The van der Waals surface area contributed by atoms with E-state index in [0.717, 1.165) is 16.0 Å². The zero-order chi connectivity index (χ0) is 15.5. The highest BCUT2D eigenvalue weighted by molar-refractivity contribution is 9.10. The Labute approximate surface area is 136 Å². The summed E-state index contributed by atoms with van der Waals surface area (Å²) in [6.07, 6.45) is 1.73. The van der Waals surface area contributed by atoms with Crippen LogP contribution >= 0.6 is 15.9 Å². The third-order valence-corrected chi connectivity index (χ3v) is 3.92. The highest BCUT2D eigenvalue weighted by atomic mass is 79.9. The third-order valence-electron chi connectivity index (χ3n) is 3.34. The van der Waals surface area contributed by atoms with Gasteiger partial charge in [0.05, 0.1) is 10.7 Å². The van der Waals surface area contributed by atoms with Crippen LogP contribution in [0.1, 0.15) is 15.9 Å². The van der Waals surface area contributed by atoms with Crippen LogP contribution in [0.3, 0.4) is 0 Å². The van der Waals surface area contributed by atoms with Crippen molar-refractivity contribution in [2.45, 2.75) is 0 Å². The summed E-state index contributed by atoms with van der Waals surface area (Å²) in [6, 6.07) is 16.7. The fourth-order valence-electron chi connectivity index (χ4n) is 2.15. The number of hydrogen-bond acceptors (Lipinski definition) is 3. The molecule has 0 unspecified atom stereocenters. The number of hydrogen-bond donors (Lipinski definition) is 1. The molecule has 1 N–H and O–H groups in total. The Bertz CT molecular complexity index is 775. The van der Waals surface area contributed by atoms with Gasteiger partial charge in [0.15, 0.2) is 5.78 Å². The van der Waals surface area contributed by atoms with Crippen molar-refractivity contribution >= 4 is 33.2 Å². The van der Waals surface area contributed by atoms with Gasteiger partial charge in [0.1, 0.15) is 5.82 Å². The molecule has 0 saturated carbocycles. The monoisotopic (exact) mass is 355 g/mol. The molecule has 0 aliphatic rings. The van der Waals surface area contributed by atoms with Crippen LogP contribution in [0.15, 0.2) is 65.3 Å². The average Bonchev–Trinajstić information content (AvgIpc) is 2.88. The summed E-state index contributed by atoms with van der Waals surface area (Å²) in [6.45, 7) is 0. The van der Waals surface area contributed by atoms with Crippen LogP contribution in [0.5, 0.6) is 0 Å². The summed E-state index contributed by atoms with van der Waals surface area (Å²) in [7, 11) is 1.86. The topological polar surface area (TPSA) is 46.9 Å². The molecule has 0 saturated heterocycles. The summed E-state index contributed by atoms with van der Waals surface area (Å²) >= 11 is 3.44. The van der Waals surface area contributed by atoms with Crippen molar-refractivity contribution in [3.8, 4) is 0 Å². The number of anilines is 2. The summed E-state index contributed by atoms with van der Waals surface area (Å²) < 4.78 is 2.63. The van der Waals surface area contributed by atoms with Gasteiger partial charge in [0, 0.05) is 23.9 Å². The molecule has 1 heterocycles. The Kier molecular flexibility index (Phi) is 4.06. The number of nitrogens with zero attached hydrogens (tertiary/aromatic N) is 2. The van der Waals surface area contributed by atoms with Gasteiger partial charge in [-0.25, -0.2) is 0 Å². The van der Waals surface area contributed by atoms with Gasteiger partial charge < -0.3 is 5.32 Å². The third kappa shape index (κ3) is 2.94. The second-order valence-electron chi connectivity index (χ2n) is 4.86. The number of benzene rings is 2. The lowest BCUT2D eigenvalue weighted by atomic mass is 10.0. The molecule has 1 aromatic heterocycles. The average molecular weight is 356 g/mol. The molecule has 3 rings (SSSR count). The number of carbonyl (C=O) groups is 1. The van der Waals surface area contributed by atoms with Crippen molar-refractivity contribution in [3.63, 3.8) is 0 Å². The molecule has 0 aliphatic carbocycles. The van der Waals surface area contributed by atoms with Gasteiger partial charge in [-0.1, -0.05) is 30.3 Å². The number of rotatable bonds is 4. The van der Waals surface area contributed by atoms with E-state index in [1.54, 1.807) is 10.9 Å². The molecule has 0 spiro atoms. The minimum atomic E-state index is 0.0221. The van der Waals surface area contributed by atoms with Crippen molar-refractivity contribution in [3.05, 3.63) is 76.4 Å². The molecule has 0 radical (unpaired) electrons. The predicted molar refractivity (Wildman–Crippen MR) is 90.5 cm³/mol. The molecular formula is C17H14BrN3O. The van der Waals surface area contributed by atoms with Crippen LogP contribution in [-0.2, 0) is 7.05 Å². The zero-order valence-electron chi connectivity index (χ0n) is 12.0. The molecule has 2 aromatic carbocycles. The lowest BCUT2D eigenvalue weighted by Crippen LogP contribution is -2.02. The first-order chi connectivity index (χ1) is 10.6. The van der Waals surface area contributed by atoms with Crippen molar-refractivity contribution < 1.29 is 4.79 Å². The molecule has 0 atom stereocenters. The highest BCUT2D eigenvalue weighted by Crippen LogP contribution is 2.25. The first kappa shape index (κ1) is 14.5. The molecular weight excluding hydrogens is 342 g/mol. The number of aromatic nitrogens is 2. The van der Waals surface area contributed by atoms with Crippen molar-refractivity contribution in [2.24, 2.45) is 7.05 Å². The Morgan fingerprint density at radius 1 is 1.05 bits per heavy atom. The van der Waals surface area contributed by atoms with E-state index < -0.39 is 0 Å². The smallest absolute Gasteiger partial charge is 0.193 e. The van der Waals surface area contributed by atoms with Gasteiger partial charge in [0.2, 0.25) is 0 Å². The fourth-order valence-corrected chi connectivity index (χ4v) is 2.60. The van der Waals surface area contributed by atoms with E-state index in [1.165, 1.54) is 0 Å². The number of aryl methyl sites for hydroxylation is 1. The van der Waals surface area contributed by atoms with Crippen LogP contribution in [0.2, 0.25) is 0 Å².